The smallest absolute Gasteiger partial charge is 0.276 e. The summed E-state index contributed by atoms with van der Waals surface area (Å²) >= 11 is 1.55. The summed E-state index contributed by atoms with van der Waals surface area (Å²) in [5.74, 6) is 1.05. The van der Waals surface area contributed by atoms with Gasteiger partial charge in [-0.1, -0.05) is 6.07 Å². The lowest BCUT2D eigenvalue weighted by atomic mass is 10.1. The number of carbonyl (C=O) groups is 1. The Balaban J connectivity index is 1.55. The average Bonchev–Trinajstić information content (AvgIpc) is 3.35. The van der Waals surface area contributed by atoms with Crippen molar-refractivity contribution in [2.24, 2.45) is 0 Å². The minimum atomic E-state index is -0.0520. The molecule has 4 heterocycles. The average molecular weight is 342 g/mol. The summed E-state index contributed by atoms with van der Waals surface area (Å²) in [6, 6.07) is 4.16. The number of rotatable bonds is 3. The number of hydrogen-bond donors (Lipinski definition) is 0. The van der Waals surface area contributed by atoms with Crippen molar-refractivity contribution in [2.45, 2.75) is 25.8 Å². The molecular weight excluding hydrogens is 324 g/mol. The SMILES string of the molecule is Cc1oc(-c2cccs2)nc1C(=O)N1CCC[C@H](n2ccnc2)C1. The maximum atomic E-state index is 12.9. The molecule has 7 heteroatoms. The lowest BCUT2D eigenvalue weighted by Crippen LogP contribution is -2.40. The number of carbonyl (C=O) groups excluding carboxylic acids is 1. The highest BCUT2D eigenvalue weighted by atomic mass is 32.1. The Morgan fingerprint density at radius 2 is 2.38 bits per heavy atom. The molecule has 1 amide bonds. The Bertz CT molecular complexity index is 823. The normalized spacial score (nSPS) is 18.0. The summed E-state index contributed by atoms with van der Waals surface area (Å²) < 4.78 is 7.78. The van der Waals surface area contributed by atoms with Crippen molar-refractivity contribution in [1.82, 2.24) is 19.4 Å². The largest absolute Gasteiger partial charge is 0.440 e. The summed E-state index contributed by atoms with van der Waals surface area (Å²) in [6.07, 6.45) is 7.57. The second kappa shape index (κ2) is 6.24. The van der Waals surface area contributed by atoms with Crippen LogP contribution in [0.25, 0.3) is 10.8 Å². The molecule has 124 valence electrons. The number of amides is 1. The molecule has 0 N–H and O–H groups in total. The Labute approximate surface area is 143 Å². The number of oxazole rings is 1. The minimum absolute atomic E-state index is 0.0520. The molecular formula is C17H18N4O2S. The van der Waals surface area contributed by atoms with Crippen LogP contribution in [0, 0.1) is 6.92 Å². The van der Waals surface area contributed by atoms with Crippen LogP contribution in [0.15, 0.2) is 40.7 Å². The molecule has 3 aromatic heterocycles. The molecule has 0 saturated carbocycles. The standard InChI is InChI=1S/C17H18N4O2S/c1-12-15(19-16(23-12)14-5-3-9-24-14)17(22)20-7-2-4-13(10-20)21-8-6-18-11-21/h3,5-6,8-9,11,13H,2,4,7,10H2,1H3/t13-/m0/s1. The summed E-state index contributed by atoms with van der Waals surface area (Å²) in [5.41, 5.74) is 0.421. The number of nitrogens with zero attached hydrogens (tertiary/aromatic N) is 4. The number of aryl methyl sites for hydroxylation is 1. The van der Waals surface area contributed by atoms with Gasteiger partial charge in [0.1, 0.15) is 5.76 Å². The van der Waals surface area contributed by atoms with Gasteiger partial charge in [0.15, 0.2) is 5.69 Å². The van der Waals surface area contributed by atoms with E-state index in [4.69, 9.17) is 4.42 Å². The number of piperidine rings is 1. The highest BCUT2D eigenvalue weighted by molar-refractivity contribution is 7.13. The molecule has 0 unspecified atom stereocenters. The van der Waals surface area contributed by atoms with E-state index in [0.29, 0.717) is 23.9 Å². The van der Waals surface area contributed by atoms with E-state index in [-0.39, 0.29) is 11.9 Å². The van der Waals surface area contributed by atoms with Crippen LogP contribution in [0.5, 0.6) is 0 Å². The zero-order chi connectivity index (χ0) is 16.5. The number of imidazole rings is 1. The molecule has 6 nitrogen and oxygen atoms in total. The van der Waals surface area contributed by atoms with Gasteiger partial charge in [0.05, 0.1) is 17.2 Å². The lowest BCUT2D eigenvalue weighted by molar-refractivity contribution is 0.0672. The van der Waals surface area contributed by atoms with Crippen molar-refractivity contribution in [2.75, 3.05) is 13.1 Å². The molecule has 0 radical (unpaired) electrons. The molecule has 1 aliphatic heterocycles. The highest BCUT2D eigenvalue weighted by Gasteiger charge is 2.28. The third-order valence-electron chi connectivity index (χ3n) is 4.36. The maximum absolute atomic E-state index is 12.9. The van der Waals surface area contributed by atoms with Crippen LogP contribution in [0.1, 0.15) is 35.1 Å². The van der Waals surface area contributed by atoms with Crippen LogP contribution in [0.2, 0.25) is 0 Å². The second-order valence-electron chi connectivity index (χ2n) is 5.96. The van der Waals surface area contributed by atoms with Crippen LogP contribution in [0.3, 0.4) is 0 Å². The molecule has 1 fully saturated rings. The van der Waals surface area contributed by atoms with E-state index in [1.807, 2.05) is 34.9 Å². The Kier molecular flexibility index (Phi) is 3.93. The third kappa shape index (κ3) is 2.75. The number of likely N-dealkylation sites (tertiary alicyclic amines) is 1. The van der Waals surface area contributed by atoms with Gasteiger partial charge in [-0.2, -0.15) is 0 Å². The topological polar surface area (TPSA) is 64.2 Å². The third-order valence-corrected chi connectivity index (χ3v) is 5.22. The van der Waals surface area contributed by atoms with Crippen LogP contribution in [-0.4, -0.2) is 38.4 Å². The second-order valence-corrected chi connectivity index (χ2v) is 6.91. The van der Waals surface area contributed by atoms with Gasteiger partial charge >= 0.3 is 0 Å². The van der Waals surface area contributed by atoms with E-state index in [9.17, 15) is 4.79 Å². The van der Waals surface area contributed by atoms with Crippen molar-refractivity contribution < 1.29 is 9.21 Å². The predicted octanol–water partition coefficient (Wildman–Crippen LogP) is 3.39. The van der Waals surface area contributed by atoms with Gasteiger partial charge in [-0.25, -0.2) is 9.97 Å². The highest BCUT2D eigenvalue weighted by Crippen LogP contribution is 2.28. The Hall–Kier alpha value is -2.41. The summed E-state index contributed by atoms with van der Waals surface area (Å²) in [4.78, 5) is 24.3. The molecule has 0 bridgehead atoms. The van der Waals surface area contributed by atoms with Gasteiger partial charge in [-0.05, 0) is 31.2 Å². The van der Waals surface area contributed by atoms with E-state index in [0.717, 1.165) is 24.3 Å². The number of thiophene rings is 1. The van der Waals surface area contributed by atoms with Crippen molar-refractivity contribution in [3.63, 3.8) is 0 Å². The monoisotopic (exact) mass is 342 g/mol. The molecule has 0 aliphatic carbocycles. The van der Waals surface area contributed by atoms with Gasteiger partial charge in [0.2, 0.25) is 5.89 Å². The van der Waals surface area contributed by atoms with Crippen LogP contribution in [-0.2, 0) is 0 Å². The summed E-state index contributed by atoms with van der Waals surface area (Å²) in [6.45, 7) is 3.23. The molecule has 24 heavy (non-hydrogen) atoms. The van der Waals surface area contributed by atoms with E-state index >= 15 is 0 Å². The predicted molar refractivity (Wildman–Crippen MR) is 91.0 cm³/mol. The van der Waals surface area contributed by atoms with E-state index in [1.54, 1.807) is 24.5 Å². The van der Waals surface area contributed by atoms with Gasteiger partial charge < -0.3 is 13.9 Å². The van der Waals surface area contributed by atoms with Crippen LogP contribution < -0.4 is 0 Å². The van der Waals surface area contributed by atoms with Gasteiger partial charge in [-0.3, -0.25) is 4.79 Å². The van der Waals surface area contributed by atoms with Crippen molar-refractivity contribution in [3.05, 3.63) is 47.7 Å². The maximum Gasteiger partial charge on any atom is 0.276 e. The van der Waals surface area contributed by atoms with E-state index in [1.165, 1.54) is 0 Å². The van der Waals surface area contributed by atoms with E-state index in [2.05, 4.69) is 14.5 Å². The van der Waals surface area contributed by atoms with E-state index < -0.39 is 0 Å². The lowest BCUT2D eigenvalue weighted by Gasteiger charge is -2.33. The fourth-order valence-electron chi connectivity index (χ4n) is 3.12. The number of aromatic nitrogens is 3. The molecule has 4 rings (SSSR count). The fourth-order valence-corrected chi connectivity index (χ4v) is 3.77. The summed E-state index contributed by atoms with van der Waals surface area (Å²) in [7, 11) is 0. The van der Waals surface area contributed by atoms with Crippen LogP contribution >= 0.6 is 11.3 Å². The van der Waals surface area contributed by atoms with Crippen molar-refractivity contribution in [1.29, 1.82) is 0 Å². The minimum Gasteiger partial charge on any atom is -0.440 e. The molecule has 3 aromatic rings. The zero-order valence-electron chi connectivity index (χ0n) is 13.4. The van der Waals surface area contributed by atoms with Gasteiger partial charge in [-0.15, -0.1) is 11.3 Å². The first-order valence-electron chi connectivity index (χ1n) is 8.00. The molecule has 0 aromatic carbocycles. The molecule has 1 atom stereocenters. The summed E-state index contributed by atoms with van der Waals surface area (Å²) in [5, 5.41) is 1.97. The van der Waals surface area contributed by atoms with Crippen molar-refractivity contribution >= 4 is 17.2 Å². The number of hydrogen-bond acceptors (Lipinski definition) is 5. The van der Waals surface area contributed by atoms with Gasteiger partial charge in [0, 0.05) is 25.5 Å². The first-order chi connectivity index (χ1) is 11.7. The molecule has 1 aliphatic rings. The Morgan fingerprint density at radius 3 is 3.12 bits per heavy atom. The first-order valence-corrected chi connectivity index (χ1v) is 8.88. The molecule has 1 saturated heterocycles. The molecule has 0 spiro atoms. The van der Waals surface area contributed by atoms with Crippen molar-refractivity contribution in [3.8, 4) is 10.8 Å². The quantitative estimate of drug-likeness (QED) is 0.732. The first kappa shape index (κ1) is 15.1. The van der Waals surface area contributed by atoms with Crippen LogP contribution in [0.4, 0.5) is 0 Å². The Morgan fingerprint density at radius 1 is 1.46 bits per heavy atom. The fraction of sp³-hybridized carbons (Fsp3) is 0.353. The van der Waals surface area contributed by atoms with Gasteiger partial charge in [0.25, 0.3) is 5.91 Å². The zero-order valence-corrected chi connectivity index (χ0v) is 14.2.